The number of para-hydroxylation sites is 1. The van der Waals surface area contributed by atoms with Gasteiger partial charge in [0.15, 0.2) is 10.9 Å². The number of carbonyl (C=O) groups is 2. The first kappa shape index (κ1) is 23.8. The molecule has 0 radical (unpaired) electrons. The van der Waals surface area contributed by atoms with Gasteiger partial charge in [-0.05, 0) is 72.9 Å². The van der Waals surface area contributed by atoms with Crippen LogP contribution in [0.1, 0.15) is 20.9 Å². The molecule has 0 bridgehead atoms. The summed E-state index contributed by atoms with van der Waals surface area (Å²) in [7, 11) is 0. The number of nitrogens with zero attached hydrogens (tertiary/aromatic N) is 2. The number of amides is 2. The van der Waals surface area contributed by atoms with Crippen molar-refractivity contribution >= 4 is 63.1 Å². The molecule has 2 heterocycles. The molecule has 1 aliphatic heterocycles. The highest BCUT2D eigenvalue weighted by Gasteiger charge is 2.24. The molecular formula is C27H23ClN4O3S. The third-order valence-electron chi connectivity index (χ3n) is 6.03. The summed E-state index contributed by atoms with van der Waals surface area (Å²) in [6, 6.07) is 23.8. The Morgan fingerprint density at radius 2 is 1.58 bits per heavy atom. The highest BCUT2D eigenvalue weighted by atomic mass is 35.5. The van der Waals surface area contributed by atoms with Gasteiger partial charge in [-0.3, -0.25) is 14.9 Å². The largest absolute Gasteiger partial charge is 0.451 e. The Labute approximate surface area is 218 Å². The minimum absolute atomic E-state index is 0.0837. The van der Waals surface area contributed by atoms with E-state index in [9.17, 15) is 9.59 Å². The first-order chi connectivity index (χ1) is 17.5. The number of piperazine rings is 1. The first-order valence-electron chi connectivity index (χ1n) is 11.5. The van der Waals surface area contributed by atoms with Gasteiger partial charge < -0.3 is 19.5 Å². The van der Waals surface area contributed by atoms with Crippen molar-refractivity contribution in [2.24, 2.45) is 0 Å². The lowest BCUT2D eigenvalue weighted by Gasteiger charge is -2.35. The molecule has 1 aromatic heterocycles. The highest BCUT2D eigenvalue weighted by molar-refractivity contribution is 7.80. The third-order valence-corrected chi connectivity index (χ3v) is 6.48. The molecule has 1 aliphatic rings. The summed E-state index contributed by atoms with van der Waals surface area (Å²) in [5, 5.41) is 7.39. The summed E-state index contributed by atoms with van der Waals surface area (Å²) >= 11 is 11.1. The second-order valence-corrected chi connectivity index (χ2v) is 9.23. The Balaban J connectivity index is 1.13. The fraction of sp³-hybridized carbons (Fsp3) is 0.148. The first-order valence-corrected chi connectivity index (χ1v) is 12.3. The van der Waals surface area contributed by atoms with Crippen molar-refractivity contribution in [2.45, 2.75) is 0 Å². The van der Waals surface area contributed by atoms with Crippen LogP contribution in [0.5, 0.6) is 0 Å². The molecule has 36 heavy (non-hydrogen) atoms. The van der Waals surface area contributed by atoms with Crippen LogP contribution in [0, 0.1) is 0 Å². The standard InChI is InChI=1S/C27H23ClN4O3S/c28-20-7-5-18(6-8-20)25(33)30-27(36)29-21-9-11-22(12-10-21)31-13-15-32(16-14-31)26(34)24-17-19-3-1-2-4-23(19)35-24/h1-12,17H,13-16H2,(H2,29,30,33,36). The summed E-state index contributed by atoms with van der Waals surface area (Å²) < 4.78 is 5.74. The Bertz CT molecular complexity index is 1380. The van der Waals surface area contributed by atoms with Crippen molar-refractivity contribution in [1.29, 1.82) is 0 Å². The Morgan fingerprint density at radius 3 is 2.28 bits per heavy atom. The molecular weight excluding hydrogens is 496 g/mol. The molecule has 0 saturated carbocycles. The number of carbonyl (C=O) groups excluding carboxylic acids is 2. The smallest absolute Gasteiger partial charge is 0.289 e. The van der Waals surface area contributed by atoms with Gasteiger partial charge in [-0.2, -0.15) is 0 Å². The zero-order valence-corrected chi connectivity index (χ0v) is 20.8. The Morgan fingerprint density at radius 1 is 0.889 bits per heavy atom. The van der Waals surface area contributed by atoms with E-state index in [4.69, 9.17) is 28.2 Å². The summed E-state index contributed by atoms with van der Waals surface area (Å²) in [5.41, 5.74) is 3.00. The Hall–Kier alpha value is -3.88. The average molecular weight is 519 g/mol. The zero-order valence-electron chi connectivity index (χ0n) is 19.2. The molecule has 1 fully saturated rings. The van der Waals surface area contributed by atoms with Crippen LogP contribution in [-0.4, -0.2) is 48.0 Å². The molecule has 7 nitrogen and oxygen atoms in total. The predicted octanol–water partition coefficient (Wildman–Crippen LogP) is 5.18. The monoisotopic (exact) mass is 518 g/mol. The van der Waals surface area contributed by atoms with Crippen LogP contribution < -0.4 is 15.5 Å². The van der Waals surface area contributed by atoms with E-state index >= 15 is 0 Å². The summed E-state index contributed by atoms with van der Waals surface area (Å²) in [6.45, 7) is 2.65. The lowest BCUT2D eigenvalue weighted by molar-refractivity contribution is 0.0717. The van der Waals surface area contributed by atoms with Gasteiger partial charge in [0.2, 0.25) is 0 Å². The summed E-state index contributed by atoms with van der Waals surface area (Å²) in [5.74, 6) is -0.0189. The van der Waals surface area contributed by atoms with E-state index in [2.05, 4.69) is 15.5 Å². The predicted molar refractivity (Wildman–Crippen MR) is 146 cm³/mol. The number of rotatable bonds is 4. The second-order valence-electron chi connectivity index (χ2n) is 8.39. The molecule has 0 spiro atoms. The number of thiocarbonyl (C=S) groups is 1. The number of fused-ring (bicyclic) bond motifs is 1. The van der Waals surface area contributed by atoms with Crippen molar-refractivity contribution in [3.63, 3.8) is 0 Å². The van der Waals surface area contributed by atoms with E-state index in [1.165, 1.54) is 0 Å². The van der Waals surface area contributed by atoms with Crippen LogP contribution in [0.25, 0.3) is 11.0 Å². The van der Waals surface area contributed by atoms with Gasteiger partial charge in [-0.25, -0.2) is 0 Å². The topological polar surface area (TPSA) is 77.8 Å². The van der Waals surface area contributed by atoms with Crippen molar-refractivity contribution in [3.8, 4) is 0 Å². The number of furan rings is 1. The molecule has 0 atom stereocenters. The maximum Gasteiger partial charge on any atom is 0.289 e. The zero-order chi connectivity index (χ0) is 25.1. The number of anilines is 2. The van der Waals surface area contributed by atoms with E-state index in [0.717, 1.165) is 22.3 Å². The van der Waals surface area contributed by atoms with Gasteiger partial charge in [0, 0.05) is 53.5 Å². The third kappa shape index (κ3) is 5.35. The van der Waals surface area contributed by atoms with Gasteiger partial charge in [-0.1, -0.05) is 29.8 Å². The highest BCUT2D eigenvalue weighted by Crippen LogP contribution is 2.23. The molecule has 0 unspecified atom stereocenters. The molecule has 4 aromatic rings. The normalized spacial score (nSPS) is 13.5. The van der Waals surface area contributed by atoms with E-state index in [0.29, 0.717) is 42.5 Å². The molecule has 0 aliphatic carbocycles. The van der Waals surface area contributed by atoms with Crippen LogP contribution in [-0.2, 0) is 0 Å². The van der Waals surface area contributed by atoms with Crippen molar-refractivity contribution in [3.05, 3.63) is 95.2 Å². The maximum atomic E-state index is 12.9. The lowest BCUT2D eigenvalue weighted by atomic mass is 10.2. The maximum absolute atomic E-state index is 12.9. The molecule has 2 amide bonds. The molecule has 1 saturated heterocycles. The van der Waals surface area contributed by atoms with E-state index in [1.54, 1.807) is 30.3 Å². The summed E-state index contributed by atoms with van der Waals surface area (Å²) in [4.78, 5) is 29.3. The quantitative estimate of drug-likeness (QED) is 0.363. The van der Waals surface area contributed by atoms with Gasteiger partial charge in [0.1, 0.15) is 5.58 Å². The van der Waals surface area contributed by atoms with Crippen LogP contribution in [0.4, 0.5) is 11.4 Å². The van der Waals surface area contributed by atoms with Crippen LogP contribution in [0.15, 0.2) is 83.3 Å². The van der Waals surface area contributed by atoms with Crippen LogP contribution >= 0.6 is 23.8 Å². The van der Waals surface area contributed by atoms with Gasteiger partial charge >= 0.3 is 0 Å². The molecule has 2 N–H and O–H groups in total. The van der Waals surface area contributed by atoms with Gasteiger partial charge in [0.05, 0.1) is 0 Å². The molecule has 3 aromatic carbocycles. The van der Waals surface area contributed by atoms with E-state index in [1.807, 2.05) is 53.4 Å². The number of hydrogen-bond acceptors (Lipinski definition) is 5. The van der Waals surface area contributed by atoms with Crippen LogP contribution in [0.3, 0.4) is 0 Å². The summed E-state index contributed by atoms with van der Waals surface area (Å²) in [6.07, 6.45) is 0. The lowest BCUT2D eigenvalue weighted by Crippen LogP contribution is -2.48. The Kier molecular flexibility index (Phi) is 6.88. The van der Waals surface area contributed by atoms with E-state index < -0.39 is 0 Å². The fourth-order valence-corrected chi connectivity index (χ4v) is 4.44. The molecule has 182 valence electrons. The molecule has 5 rings (SSSR count). The fourth-order valence-electron chi connectivity index (χ4n) is 4.11. The van der Waals surface area contributed by atoms with Gasteiger partial charge in [-0.15, -0.1) is 0 Å². The van der Waals surface area contributed by atoms with Crippen molar-refractivity contribution in [1.82, 2.24) is 10.2 Å². The molecule has 9 heteroatoms. The average Bonchev–Trinajstić information content (AvgIpc) is 3.33. The van der Waals surface area contributed by atoms with Gasteiger partial charge in [0.25, 0.3) is 11.8 Å². The van der Waals surface area contributed by atoms with Crippen molar-refractivity contribution < 1.29 is 14.0 Å². The minimum Gasteiger partial charge on any atom is -0.451 e. The number of hydrogen-bond donors (Lipinski definition) is 2. The number of benzene rings is 3. The number of nitrogens with one attached hydrogen (secondary N) is 2. The second kappa shape index (κ2) is 10.4. The SMILES string of the molecule is O=C(NC(=S)Nc1ccc(N2CCN(C(=O)c3cc4ccccc4o3)CC2)cc1)c1ccc(Cl)cc1. The van der Waals surface area contributed by atoms with Crippen LogP contribution in [0.2, 0.25) is 5.02 Å². The number of halogens is 1. The van der Waals surface area contributed by atoms with E-state index in [-0.39, 0.29) is 16.9 Å². The van der Waals surface area contributed by atoms with Crippen molar-refractivity contribution in [2.75, 3.05) is 36.4 Å². The minimum atomic E-state index is -0.309.